The van der Waals surface area contributed by atoms with E-state index in [0.29, 0.717) is 18.0 Å². The van der Waals surface area contributed by atoms with Gasteiger partial charge in [-0.15, -0.1) is 11.8 Å². The van der Waals surface area contributed by atoms with Crippen molar-refractivity contribution in [3.8, 4) is 5.75 Å². The molecule has 9 heteroatoms. The highest BCUT2D eigenvalue weighted by atomic mass is 32.2. The van der Waals surface area contributed by atoms with Crippen LogP contribution in [0.15, 0.2) is 29.2 Å². The number of hydroxylamine groups is 1. The van der Waals surface area contributed by atoms with Crippen LogP contribution < -0.4 is 10.2 Å². The van der Waals surface area contributed by atoms with E-state index in [1.165, 1.54) is 40.8 Å². The maximum absolute atomic E-state index is 12.6. The smallest absolute Gasteiger partial charge is 0.245 e. The molecule has 0 saturated carbocycles. The second-order valence-corrected chi connectivity index (χ2v) is 7.53. The van der Waals surface area contributed by atoms with E-state index in [4.69, 9.17) is 9.94 Å². The van der Waals surface area contributed by atoms with Crippen LogP contribution in [0.25, 0.3) is 0 Å². The van der Waals surface area contributed by atoms with Crippen LogP contribution in [0.2, 0.25) is 0 Å². The molecule has 1 saturated heterocycles. The summed E-state index contributed by atoms with van der Waals surface area (Å²) in [5, 5.41) is 8.06. The van der Waals surface area contributed by atoms with Gasteiger partial charge in [-0.25, -0.2) is 13.9 Å². The van der Waals surface area contributed by atoms with E-state index in [9.17, 15) is 13.2 Å². The van der Waals surface area contributed by atoms with Gasteiger partial charge in [0.05, 0.1) is 23.8 Å². The van der Waals surface area contributed by atoms with Crippen LogP contribution in [-0.2, 0) is 14.8 Å². The molecule has 1 aliphatic heterocycles. The van der Waals surface area contributed by atoms with Crippen molar-refractivity contribution >= 4 is 27.7 Å². The van der Waals surface area contributed by atoms with Gasteiger partial charge >= 0.3 is 0 Å². The largest absolute Gasteiger partial charge is 0.497 e. The second kappa shape index (κ2) is 6.65. The zero-order valence-electron chi connectivity index (χ0n) is 11.4. The highest BCUT2D eigenvalue weighted by Gasteiger charge is 2.36. The molecule has 1 fully saturated rings. The number of methoxy groups -OCH3 is 1. The molecule has 0 radical (unpaired) electrons. The molecule has 7 nitrogen and oxygen atoms in total. The summed E-state index contributed by atoms with van der Waals surface area (Å²) < 4.78 is 31.5. The first kappa shape index (κ1) is 16.1. The summed E-state index contributed by atoms with van der Waals surface area (Å²) in [6, 6.07) is 6.09. The van der Waals surface area contributed by atoms with Crippen LogP contribution in [0.1, 0.15) is 6.42 Å². The Morgan fingerprint density at radius 3 is 2.71 bits per heavy atom. The number of hydrogen-bond acceptors (Lipinski definition) is 6. The van der Waals surface area contributed by atoms with Gasteiger partial charge in [-0.05, 0) is 24.3 Å². The molecule has 1 amide bonds. The molecule has 0 bridgehead atoms. The molecule has 1 aromatic carbocycles. The summed E-state index contributed by atoms with van der Waals surface area (Å²) in [5.41, 5.74) is 1.53. The van der Waals surface area contributed by atoms with Crippen LogP contribution >= 0.6 is 11.8 Å². The summed E-state index contributed by atoms with van der Waals surface area (Å²) >= 11 is 1.37. The van der Waals surface area contributed by atoms with E-state index in [-0.39, 0.29) is 11.3 Å². The predicted octanol–water partition coefficient (Wildman–Crippen LogP) is 0.654. The molecule has 1 aromatic rings. The number of carbonyl (C=O) groups excluding carboxylic acids is 1. The quantitative estimate of drug-likeness (QED) is 0.607. The van der Waals surface area contributed by atoms with Gasteiger partial charge in [0.1, 0.15) is 5.75 Å². The summed E-state index contributed by atoms with van der Waals surface area (Å²) in [6.07, 6.45) is -0.0868. The number of carbonyl (C=O) groups is 1. The molecule has 1 unspecified atom stereocenters. The van der Waals surface area contributed by atoms with E-state index in [1.54, 1.807) is 12.1 Å². The third-order valence-electron chi connectivity index (χ3n) is 3.09. The summed E-state index contributed by atoms with van der Waals surface area (Å²) in [6.45, 7) is 0.336. The molecule has 21 heavy (non-hydrogen) atoms. The van der Waals surface area contributed by atoms with Crippen LogP contribution in [0.3, 0.4) is 0 Å². The molecule has 1 atom stereocenters. The topological polar surface area (TPSA) is 95.9 Å². The molecule has 0 aliphatic carbocycles. The lowest BCUT2D eigenvalue weighted by Gasteiger charge is -2.22. The SMILES string of the molecule is COc1ccc(S(=O)(=O)N2CCSC2CC(=O)NO)cc1. The molecule has 2 rings (SSSR count). The standard InChI is InChI=1S/C12H16N2O5S2/c1-19-9-2-4-10(5-3-9)21(17,18)14-6-7-20-12(14)8-11(15)13-16/h2-5,12,16H,6-8H2,1H3,(H,13,15). The highest BCUT2D eigenvalue weighted by Crippen LogP contribution is 2.32. The first-order valence-electron chi connectivity index (χ1n) is 6.19. The summed E-state index contributed by atoms with van der Waals surface area (Å²) in [4.78, 5) is 11.4. The number of amides is 1. The van der Waals surface area contributed by atoms with Gasteiger partial charge < -0.3 is 4.74 Å². The van der Waals surface area contributed by atoms with Gasteiger partial charge in [0, 0.05) is 12.3 Å². The molecule has 0 spiro atoms. The molecule has 0 aromatic heterocycles. The number of thioether (sulfide) groups is 1. The van der Waals surface area contributed by atoms with Crippen LogP contribution in [-0.4, -0.2) is 48.6 Å². The highest BCUT2D eigenvalue weighted by molar-refractivity contribution is 8.01. The van der Waals surface area contributed by atoms with E-state index in [0.717, 1.165) is 0 Å². The fourth-order valence-corrected chi connectivity index (χ4v) is 5.25. The zero-order valence-corrected chi connectivity index (χ0v) is 13.0. The molecule has 1 aliphatic rings. The average molecular weight is 332 g/mol. The second-order valence-electron chi connectivity index (χ2n) is 4.36. The predicted molar refractivity (Wildman–Crippen MR) is 77.7 cm³/mol. The number of ether oxygens (including phenoxy) is 1. The van der Waals surface area contributed by atoms with Gasteiger partial charge in [-0.2, -0.15) is 4.31 Å². The van der Waals surface area contributed by atoms with Crippen LogP contribution in [0.4, 0.5) is 0 Å². The van der Waals surface area contributed by atoms with Crippen molar-refractivity contribution in [1.82, 2.24) is 9.79 Å². The summed E-state index contributed by atoms with van der Waals surface area (Å²) in [5.74, 6) is 0.573. The van der Waals surface area contributed by atoms with Gasteiger partial charge in [-0.3, -0.25) is 10.0 Å². The first-order valence-corrected chi connectivity index (χ1v) is 8.68. The average Bonchev–Trinajstić information content (AvgIpc) is 2.96. The van der Waals surface area contributed by atoms with Crippen molar-refractivity contribution in [2.45, 2.75) is 16.7 Å². The lowest BCUT2D eigenvalue weighted by molar-refractivity contribution is -0.129. The minimum absolute atomic E-state index is 0.0868. The minimum atomic E-state index is -3.67. The number of rotatable bonds is 5. The van der Waals surface area contributed by atoms with Crippen molar-refractivity contribution in [3.05, 3.63) is 24.3 Å². The van der Waals surface area contributed by atoms with Gasteiger partial charge in [0.15, 0.2) is 0 Å². The maximum Gasteiger partial charge on any atom is 0.245 e. The number of benzene rings is 1. The number of sulfonamides is 1. The Kier molecular flexibility index (Phi) is 5.09. The zero-order chi connectivity index (χ0) is 15.5. The first-order chi connectivity index (χ1) is 9.98. The normalized spacial score (nSPS) is 19.4. The van der Waals surface area contributed by atoms with Crippen molar-refractivity contribution < 1.29 is 23.2 Å². The number of hydrogen-bond donors (Lipinski definition) is 2. The third-order valence-corrected chi connectivity index (χ3v) is 6.37. The molecular weight excluding hydrogens is 316 g/mol. The van der Waals surface area contributed by atoms with Gasteiger partial charge in [0.25, 0.3) is 0 Å². The Hall–Kier alpha value is -1.29. The van der Waals surface area contributed by atoms with Crippen molar-refractivity contribution in [1.29, 1.82) is 0 Å². The van der Waals surface area contributed by atoms with Crippen molar-refractivity contribution in [3.63, 3.8) is 0 Å². The van der Waals surface area contributed by atoms with E-state index < -0.39 is 21.3 Å². The monoisotopic (exact) mass is 332 g/mol. The molecule has 116 valence electrons. The van der Waals surface area contributed by atoms with Gasteiger partial charge in [0.2, 0.25) is 15.9 Å². The minimum Gasteiger partial charge on any atom is -0.497 e. The Bertz CT molecular complexity index is 603. The fourth-order valence-electron chi connectivity index (χ4n) is 2.03. The van der Waals surface area contributed by atoms with Crippen molar-refractivity contribution in [2.75, 3.05) is 19.4 Å². The Morgan fingerprint density at radius 2 is 2.14 bits per heavy atom. The maximum atomic E-state index is 12.6. The number of nitrogens with zero attached hydrogens (tertiary/aromatic N) is 1. The molecule has 1 heterocycles. The Balaban J connectivity index is 2.22. The van der Waals surface area contributed by atoms with E-state index in [1.807, 2.05) is 0 Å². The Morgan fingerprint density at radius 1 is 1.48 bits per heavy atom. The van der Waals surface area contributed by atoms with Crippen LogP contribution in [0, 0.1) is 0 Å². The van der Waals surface area contributed by atoms with E-state index in [2.05, 4.69) is 0 Å². The fraction of sp³-hybridized carbons (Fsp3) is 0.417. The lowest BCUT2D eigenvalue weighted by Crippen LogP contribution is -2.37. The Labute approximate surface area is 127 Å². The van der Waals surface area contributed by atoms with E-state index >= 15 is 0 Å². The third kappa shape index (κ3) is 3.49. The van der Waals surface area contributed by atoms with Gasteiger partial charge in [-0.1, -0.05) is 0 Å². The number of nitrogens with one attached hydrogen (secondary N) is 1. The molecular formula is C12H16N2O5S2. The van der Waals surface area contributed by atoms with Crippen LogP contribution in [0.5, 0.6) is 5.75 Å². The lowest BCUT2D eigenvalue weighted by atomic mass is 10.3. The van der Waals surface area contributed by atoms with Crippen molar-refractivity contribution in [2.24, 2.45) is 0 Å². The summed E-state index contributed by atoms with van der Waals surface area (Å²) in [7, 11) is -2.17. The molecule has 2 N–H and O–H groups in total.